The molecule has 0 radical (unpaired) electrons. The van der Waals surface area contributed by atoms with Crippen molar-refractivity contribution >= 4 is 5.97 Å². The van der Waals surface area contributed by atoms with Gasteiger partial charge in [0.25, 0.3) is 0 Å². The summed E-state index contributed by atoms with van der Waals surface area (Å²) in [5, 5.41) is 8.82. The molecule has 0 aromatic rings. The van der Waals surface area contributed by atoms with Crippen molar-refractivity contribution in [1.82, 2.24) is 4.90 Å². The molecule has 1 aliphatic rings. The highest BCUT2D eigenvalue weighted by molar-refractivity contribution is 5.69. The summed E-state index contributed by atoms with van der Waals surface area (Å²) in [6, 6.07) is 0.397. The fourth-order valence-corrected chi connectivity index (χ4v) is 2.01. The molecule has 0 aromatic heterocycles. The van der Waals surface area contributed by atoms with Gasteiger partial charge in [0, 0.05) is 19.7 Å². The zero-order valence-corrected chi connectivity index (χ0v) is 9.77. The molecule has 0 spiro atoms. The van der Waals surface area contributed by atoms with Crippen LogP contribution in [-0.2, 0) is 9.53 Å². The van der Waals surface area contributed by atoms with Crippen LogP contribution in [0.15, 0.2) is 0 Å². The number of rotatable bonds is 6. The number of carboxylic acids is 1. The van der Waals surface area contributed by atoms with E-state index in [1.54, 1.807) is 7.11 Å². The summed E-state index contributed by atoms with van der Waals surface area (Å²) in [5.41, 5.74) is 0. The molecule has 0 atom stereocenters. The lowest BCUT2D eigenvalue weighted by Gasteiger charge is -2.42. The third-order valence-corrected chi connectivity index (χ3v) is 2.86. The van der Waals surface area contributed by atoms with Gasteiger partial charge in [-0.2, -0.15) is 0 Å². The van der Waals surface area contributed by atoms with Gasteiger partial charge in [-0.3, -0.25) is 9.69 Å². The zero-order chi connectivity index (χ0) is 11.4. The van der Waals surface area contributed by atoms with Crippen LogP contribution < -0.4 is 0 Å². The van der Waals surface area contributed by atoms with Crippen molar-refractivity contribution in [3.8, 4) is 0 Å². The van der Waals surface area contributed by atoms with E-state index in [0.717, 1.165) is 19.4 Å². The summed E-state index contributed by atoms with van der Waals surface area (Å²) in [6.45, 7) is 5.23. The molecule has 1 rings (SSSR count). The predicted octanol–water partition coefficient (Wildman–Crippen LogP) is 1.21. The van der Waals surface area contributed by atoms with E-state index >= 15 is 0 Å². The van der Waals surface area contributed by atoms with Crippen molar-refractivity contribution in [3.63, 3.8) is 0 Å². The minimum absolute atomic E-state index is 0.152. The maximum absolute atomic E-state index is 10.7. The summed E-state index contributed by atoms with van der Waals surface area (Å²) in [6.07, 6.45) is 2.27. The van der Waals surface area contributed by atoms with Gasteiger partial charge in [-0.1, -0.05) is 13.8 Å². The Morgan fingerprint density at radius 2 is 2.13 bits per heavy atom. The van der Waals surface area contributed by atoms with Crippen molar-refractivity contribution < 1.29 is 14.6 Å². The summed E-state index contributed by atoms with van der Waals surface area (Å²) >= 11 is 0. The van der Waals surface area contributed by atoms with E-state index in [2.05, 4.69) is 18.7 Å². The maximum atomic E-state index is 10.7. The van der Waals surface area contributed by atoms with Crippen molar-refractivity contribution in [3.05, 3.63) is 0 Å². The SMILES string of the molecule is COC1CC(N(CC(=O)O)CC(C)C)C1. The van der Waals surface area contributed by atoms with Crippen LogP contribution in [0.3, 0.4) is 0 Å². The molecule has 0 unspecified atom stereocenters. The van der Waals surface area contributed by atoms with Crippen LogP contribution in [-0.4, -0.2) is 48.3 Å². The largest absolute Gasteiger partial charge is 0.480 e. The fraction of sp³-hybridized carbons (Fsp3) is 0.909. The molecule has 0 amide bonds. The molecule has 0 bridgehead atoms. The lowest BCUT2D eigenvalue weighted by atomic mass is 9.87. The average Bonchev–Trinajstić information content (AvgIpc) is 1.99. The van der Waals surface area contributed by atoms with E-state index < -0.39 is 5.97 Å². The van der Waals surface area contributed by atoms with Gasteiger partial charge in [-0.25, -0.2) is 0 Å². The molecule has 0 saturated heterocycles. The number of aliphatic carboxylic acids is 1. The molecular weight excluding hydrogens is 194 g/mol. The Labute approximate surface area is 91.2 Å². The second-order valence-electron chi connectivity index (χ2n) is 4.70. The van der Waals surface area contributed by atoms with E-state index in [1.165, 1.54) is 0 Å². The number of hydrogen-bond acceptors (Lipinski definition) is 3. The fourth-order valence-electron chi connectivity index (χ4n) is 2.01. The highest BCUT2D eigenvalue weighted by Crippen LogP contribution is 2.28. The van der Waals surface area contributed by atoms with Crippen molar-refractivity contribution in [1.29, 1.82) is 0 Å². The van der Waals surface area contributed by atoms with Gasteiger partial charge in [0.15, 0.2) is 0 Å². The van der Waals surface area contributed by atoms with Crippen LogP contribution >= 0.6 is 0 Å². The molecule has 1 N–H and O–H groups in total. The Balaban J connectivity index is 2.39. The molecular formula is C11H21NO3. The number of carboxylic acid groups (broad SMARTS) is 1. The average molecular weight is 215 g/mol. The first kappa shape index (κ1) is 12.5. The highest BCUT2D eigenvalue weighted by Gasteiger charge is 2.34. The van der Waals surface area contributed by atoms with E-state index in [4.69, 9.17) is 9.84 Å². The minimum atomic E-state index is -0.739. The third-order valence-electron chi connectivity index (χ3n) is 2.86. The lowest BCUT2D eigenvalue weighted by molar-refractivity contribution is -0.140. The van der Waals surface area contributed by atoms with Crippen LogP contribution in [0.5, 0.6) is 0 Å². The molecule has 0 heterocycles. The number of methoxy groups -OCH3 is 1. The van der Waals surface area contributed by atoms with Crippen LogP contribution in [0.2, 0.25) is 0 Å². The molecule has 0 aromatic carbocycles. The molecule has 15 heavy (non-hydrogen) atoms. The third kappa shape index (κ3) is 3.80. The van der Waals surface area contributed by atoms with E-state index in [0.29, 0.717) is 18.1 Å². The minimum Gasteiger partial charge on any atom is -0.480 e. The van der Waals surface area contributed by atoms with E-state index in [9.17, 15) is 4.79 Å². The molecule has 1 aliphatic carbocycles. The first-order chi connectivity index (χ1) is 7.02. The zero-order valence-electron chi connectivity index (χ0n) is 9.77. The van der Waals surface area contributed by atoms with Crippen LogP contribution in [0.4, 0.5) is 0 Å². The molecule has 0 aliphatic heterocycles. The van der Waals surface area contributed by atoms with Gasteiger partial charge in [0.05, 0.1) is 12.6 Å². The monoisotopic (exact) mass is 215 g/mol. The predicted molar refractivity (Wildman–Crippen MR) is 57.9 cm³/mol. The maximum Gasteiger partial charge on any atom is 0.317 e. The van der Waals surface area contributed by atoms with E-state index in [1.807, 2.05) is 0 Å². The van der Waals surface area contributed by atoms with Crippen LogP contribution in [0.1, 0.15) is 26.7 Å². The van der Waals surface area contributed by atoms with Gasteiger partial charge in [0.1, 0.15) is 0 Å². The second-order valence-corrected chi connectivity index (χ2v) is 4.70. The number of hydrogen-bond donors (Lipinski definition) is 1. The smallest absolute Gasteiger partial charge is 0.317 e. The summed E-state index contributed by atoms with van der Waals surface area (Å²) < 4.78 is 5.20. The molecule has 4 nitrogen and oxygen atoms in total. The topological polar surface area (TPSA) is 49.8 Å². The first-order valence-electron chi connectivity index (χ1n) is 5.51. The Hall–Kier alpha value is -0.610. The van der Waals surface area contributed by atoms with Gasteiger partial charge >= 0.3 is 5.97 Å². The van der Waals surface area contributed by atoms with Crippen LogP contribution in [0, 0.1) is 5.92 Å². The number of ether oxygens (including phenoxy) is 1. The van der Waals surface area contributed by atoms with Gasteiger partial charge < -0.3 is 9.84 Å². The summed E-state index contributed by atoms with van der Waals surface area (Å²) in [4.78, 5) is 12.8. The van der Waals surface area contributed by atoms with Gasteiger partial charge in [0.2, 0.25) is 0 Å². The Kier molecular flexibility index (Phi) is 4.54. The van der Waals surface area contributed by atoms with Crippen molar-refractivity contribution in [2.45, 2.75) is 38.8 Å². The molecule has 1 saturated carbocycles. The van der Waals surface area contributed by atoms with Gasteiger partial charge in [-0.15, -0.1) is 0 Å². The second kappa shape index (κ2) is 5.47. The normalized spacial score (nSPS) is 25.7. The molecule has 88 valence electrons. The molecule has 1 fully saturated rings. The number of carbonyl (C=O) groups is 1. The van der Waals surface area contributed by atoms with Crippen LogP contribution in [0.25, 0.3) is 0 Å². The Morgan fingerprint density at radius 3 is 2.53 bits per heavy atom. The summed E-state index contributed by atoms with van der Waals surface area (Å²) in [5.74, 6) is -0.234. The van der Waals surface area contributed by atoms with Gasteiger partial charge in [-0.05, 0) is 18.8 Å². The Morgan fingerprint density at radius 1 is 1.53 bits per heavy atom. The molecule has 4 heteroatoms. The lowest BCUT2D eigenvalue weighted by Crippen LogP contribution is -2.50. The number of nitrogens with zero attached hydrogens (tertiary/aromatic N) is 1. The van der Waals surface area contributed by atoms with Crippen molar-refractivity contribution in [2.75, 3.05) is 20.2 Å². The highest BCUT2D eigenvalue weighted by atomic mass is 16.5. The standard InChI is InChI=1S/C11H21NO3/c1-8(2)6-12(7-11(13)14)9-4-10(5-9)15-3/h8-10H,4-7H2,1-3H3,(H,13,14). The quantitative estimate of drug-likeness (QED) is 0.723. The Bertz CT molecular complexity index is 212. The first-order valence-corrected chi connectivity index (χ1v) is 5.51. The summed E-state index contributed by atoms with van der Waals surface area (Å²) in [7, 11) is 1.71. The van der Waals surface area contributed by atoms with E-state index in [-0.39, 0.29) is 6.54 Å². The van der Waals surface area contributed by atoms with Crippen molar-refractivity contribution in [2.24, 2.45) is 5.92 Å².